The monoisotopic (exact) mass is 290 g/mol. The molecule has 2 bridgehead atoms. The van der Waals surface area contributed by atoms with E-state index >= 15 is 0 Å². The molecule has 2 heterocycles. The van der Waals surface area contributed by atoms with Crippen molar-refractivity contribution in [2.75, 3.05) is 0 Å². The summed E-state index contributed by atoms with van der Waals surface area (Å²) in [5.41, 5.74) is 0.999. The molecule has 0 spiro atoms. The fourth-order valence-electron chi connectivity index (χ4n) is 3.80. The van der Waals surface area contributed by atoms with E-state index in [2.05, 4.69) is 27.4 Å². The van der Waals surface area contributed by atoms with Crippen LogP contribution in [0.25, 0.3) is 0 Å². The number of fused-ring (bicyclic) bond motifs is 2. The van der Waals surface area contributed by atoms with Crippen molar-refractivity contribution in [1.29, 1.82) is 0 Å². The van der Waals surface area contributed by atoms with Gasteiger partial charge in [0.25, 0.3) is 0 Å². The van der Waals surface area contributed by atoms with Gasteiger partial charge in [0.05, 0.1) is 17.8 Å². The van der Waals surface area contributed by atoms with Crippen LogP contribution in [0.15, 0.2) is 36.4 Å². The Balaban J connectivity index is 1.78. The van der Waals surface area contributed by atoms with Crippen LogP contribution in [-0.4, -0.2) is 17.3 Å². The van der Waals surface area contributed by atoms with Crippen LogP contribution >= 0.6 is 0 Å². The largest absolute Gasteiger partial charge is 0.366 e. The molecule has 2 fully saturated rings. The Labute approximate surface area is 126 Å². The van der Waals surface area contributed by atoms with Gasteiger partial charge in [-0.1, -0.05) is 38.6 Å². The van der Waals surface area contributed by atoms with Crippen molar-refractivity contribution < 1.29 is 13.9 Å². The van der Waals surface area contributed by atoms with Gasteiger partial charge in [-0.25, -0.2) is 4.39 Å². The molecule has 0 N–H and O–H groups in total. The average Bonchev–Trinajstić information content (AvgIpc) is 2.90. The number of ether oxygens (including phenoxy) is 2. The summed E-state index contributed by atoms with van der Waals surface area (Å²) in [6.45, 7) is 10.9. The third kappa shape index (κ3) is 2.14. The molecule has 1 aromatic carbocycles. The van der Waals surface area contributed by atoms with Gasteiger partial charge in [-0.05, 0) is 37.3 Å². The van der Waals surface area contributed by atoms with E-state index in [1.807, 2.05) is 6.07 Å². The summed E-state index contributed by atoms with van der Waals surface area (Å²) in [5, 5.41) is 0. The number of benzene rings is 1. The third-order valence-electron chi connectivity index (χ3n) is 5.12. The van der Waals surface area contributed by atoms with Crippen molar-refractivity contribution in [3.8, 4) is 0 Å². The van der Waals surface area contributed by atoms with Crippen LogP contribution in [0.3, 0.4) is 0 Å². The fraction of sp³-hybridized carbons (Fsp3) is 0.556. The Hall–Kier alpha value is -1.19. The Morgan fingerprint density at radius 3 is 2.71 bits per heavy atom. The van der Waals surface area contributed by atoms with Gasteiger partial charge in [-0.15, -0.1) is 0 Å². The van der Waals surface area contributed by atoms with Crippen molar-refractivity contribution in [2.24, 2.45) is 5.92 Å². The van der Waals surface area contributed by atoms with E-state index in [1.165, 1.54) is 6.07 Å². The van der Waals surface area contributed by atoms with Crippen molar-refractivity contribution in [2.45, 2.75) is 57.5 Å². The van der Waals surface area contributed by atoms with Crippen LogP contribution in [0, 0.1) is 11.7 Å². The molecule has 0 aliphatic carbocycles. The lowest BCUT2D eigenvalue weighted by Crippen LogP contribution is -2.40. The van der Waals surface area contributed by atoms with Crippen LogP contribution < -0.4 is 0 Å². The fourth-order valence-corrected chi connectivity index (χ4v) is 3.80. The summed E-state index contributed by atoms with van der Waals surface area (Å²) in [7, 11) is 0. The maximum atomic E-state index is 13.7. The number of halogens is 1. The van der Waals surface area contributed by atoms with Gasteiger partial charge >= 0.3 is 0 Å². The van der Waals surface area contributed by atoms with Gasteiger partial charge in [-0.3, -0.25) is 0 Å². The molecule has 0 unspecified atom stereocenters. The molecule has 2 aliphatic heterocycles. The van der Waals surface area contributed by atoms with Crippen LogP contribution in [0.1, 0.15) is 39.2 Å². The van der Waals surface area contributed by atoms with Gasteiger partial charge in [0.1, 0.15) is 11.9 Å². The second kappa shape index (κ2) is 4.92. The lowest BCUT2D eigenvalue weighted by molar-refractivity contribution is -0.0961. The van der Waals surface area contributed by atoms with E-state index in [0.29, 0.717) is 11.5 Å². The predicted octanol–water partition coefficient (Wildman–Crippen LogP) is 4.24. The Morgan fingerprint density at radius 2 is 2.10 bits per heavy atom. The second-order valence-corrected chi connectivity index (χ2v) is 6.77. The van der Waals surface area contributed by atoms with Crippen molar-refractivity contribution in [1.82, 2.24) is 0 Å². The molecule has 2 aliphatic rings. The molecule has 3 heteroatoms. The zero-order valence-corrected chi connectivity index (χ0v) is 13.0. The van der Waals surface area contributed by atoms with Crippen LogP contribution in [-0.2, 0) is 16.1 Å². The van der Waals surface area contributed by atoms with Crippen molar-refractivity contribution in [3.05, 3.63) is 47.8 Å². The third-order valence-corrected chi connectivity index (χ3v) is 5.12. The maximum Gasteiger partial charge on any atom is 0.128 e. The summed E-state index contributed by atoms with van der Waals surface area (Å²) >= 11 is 0. The number of rotatable bonds is 4. The molecule has 21 heavy (non-hydrogen) atoms. The molecule has 3 atom stereocenters. The van der Waals surface area contributed by atoms with Crippen LogP contribution in [0.2, 0.25) is 0 Å². The Bertz CT molecular complexity index is 568. The van der Waals surface area contributed by atoms with Crippen LogP contribution in [0.4, 0.5) is 4.39 Å². The van der Waals surface area contributed by atoms with E-state index in [-0.39, 0.29) is 29.7 Å². The highest BCUT2D eigenvalue weighted by atomic mass is 19.1. The first-order valence-electron chi connectivity index (χ1n) is 7.63. The van der Waals surface area contributed by atoms with E-state index in [4.69, 9.17) is 9.47 Å². The van der Waals surface area contributed by atoms with E-state index in [1.54, 1.807) is 12.1 Å². The van der Waals surface area contributed by atoms with Crippen molar-refractivity contribution in [3.63, 3.8) is 0 Å². The summed E-state index contributed by atoms with van der Waals surface area (Å²) in [5.74, 6) is 0.143. The van der Waals surface area contributed by atoms with Gasteiger partial charge < -0.3 is 9.47 Å². The quantitative estimate of drug-likeness (QED) is 0.772. The van der Waals surface area contributed by atoms with E-state index in [0.717, 1.165) is 18.4 Å². The minimum atomic E-state index is -0.327. The molecule has 3 rings (SSSR count). The predicted molar refractivity (Wildman–Crippen MR) is 80.4 cm³/mol. The molecule has 0 aromatic heterocycles. The van der Waals surface area contributed by atoms with Gasteiger partial charge in [0.15, 0.2) is 0 Å². The summed E-state index contributed by atoms with van der Waals surface area (Å²) in [6, 6.07) is 6.73. The SMILES string of the molecule is C=C1[C@@H](OCc2ccccc2F)[C@]2(C)CC[C@@]1(C(C)C)O2. The molecule has 0 saturated carbocycles. The molecule has 1 aromatic rings. The number of hydrogen-bond donors (Lipinski definition) is 0. The van der Waals surface area contributed by atoms with E-state index < -0.39 is 0 Å². The van der Waals surface area contributed by atoms with Gasteiger partial charge in [0.2, 0.25) is 0 Å². The lowest BCUT2D eigenvalue weighted by Gasteiger charge is -2.34. The number of hydrogen-bond acceptors (Lipinski definition) is 2. The highest BCUT2D eigenvalue weighted by Gasteiger charge is 2.63. The average molecular weight is 290 g/mol. The first kappa shape index (κ1) is 14.7. The summed E-state index contributed by atoms with van der Waals surface area (Å²) in [6.07, 6.45) is 1.80. The smallest absolute Gasteiger partial charge is 0.128 e. The lowest BCUT2D eigenvalue weighted by atomic mass is 9.72. The normalized spacial score (nSPS) is 34.9. The zero-order chi connectivity index (χ0) is 15.3. The topological polar surface area (TPSA) is 18.5 Å². The highest BCUT2D eigenvalue weighted by Crippen LogP contribution is 2.57. The first-order chi connectivity index (χ1) is 9.89. The maximum absolute atomic E-state index is 13.7. The molecular weight excluding hydrogens is 267 g/mol. The van der Waals surface area contributed by atoms with Gasteiger partial charge in [-0.2, -0.15) is 0 Å². The summed E-state index contributed by atoms with van der Waals surface area (Å²) in [4.78, 5) is 0. The highest BCUT2D eigenvalue weighted by molar-refractivity contribution is 5.33. The minimum Gasteiger partial charge on any atom is -0.366 e. The minimum absolute atomic E-state index is 0.159. The molecule has 2 nitrogen and oxygen atoms in total. The second-order valence-electron chi connectivity index (χ2n) is 6.77. The standard InChI is InChI=1S/C18H23FO2/c1-12(2)18-10-9-17(4,21-18)16(13(18)3)20-11-14-7-5-6-8-15(14)19/h5-8,12,16H,3,9-11H2,1-2,4H3/t16-,17+,18+/m1/s1. The Kier molecular flexibility index (Phi) is 3.45. The molecule has 0 radical (unpaired) electrons. The van der Waals surface area contributed by atoms with Crippen LogP contribution in [0.5, 0.6) is 0 Å². The van der Waals surface area contributed by atoms with Crippen molar-refractivity contribution >= 4 is 0 Å². The van der Waals surface area contributed by atoms with E-state index in [9.17, 15) is 4.39 Å². The molecule has 2 saturated heterocycles. The summed E-state index contributed by atoms with van der Waals surface area (Å²) < 4.78 is 26.1. The molecular formula is C18H23FO2. The van der Waals surface area contributed by atoms with Gasteiger partial charge in [0, 0.05) is 5.56 Å². The molecule has 114 valence electrons. The molecule has 0 amide bonds. The zero-order valence-electron chi connectivity index (χ0n) is 13.0. The Morgan fingerprint density at radius 1 is 1.38 bits per heavy atom. The first-order valence-corrected chi connectivity index (χ1v) is 7.63.